The number of hydrogen-bond donors (Lipinski definition) is 1. The first-order valence-corrected chi connectivity index (χ1v) is 4.50. The molecule has 13 heavy (non-hydrogen) atoms. The summed E-state index contributed by atoms with van der Waals surface area (Å²) in [6.45, 7) is 1.73. The number of morpholine rings is 1. The Morgan fingerprint density at radius 1 is 1.46 bits per heavy atom. The van der Waals surface area contributed by atoms with Gasteiger partial charge in [-0.1, -0.05) is 0 Å². The number of halogens is 3. The van der Waals surface area contributed by atoms with E-state index >= 15 is 0 Å². The molecule has 0 aromatic rings. The van der Waals surface area contributed by atoms with Crippen LogP contribution < -0.4 is 5.43 Å². The molecule has 0 aromatic carbocycles. The predicted molar refractivity (Wildman–Crippen MR) is 44.4 cm³/mol. The van der Waals surface area contributed by atoms with Gasteiger partial charge in [0.1, 0.15) is 0 Å². The zero-order chi connectivity index (χ0) is 9.90. The van der Waals surface area contributed by atoms with E-state index in [2.05, 4.69) is 5.43 Å². The summed E-state index contributed by atoms with van der Waals surface area (Å²) >= 11 is 1.97. The van der Waals surface area contributed by atoms with Gasteiger partial charge in [0.05, 0.1) is 13.2 Å². The molecule has 1 saturated heterocycles. The van der Waals surface area contributed by atoms with Crippen molar-refractivity contribution in [2.24, 2.45) is 0 Å². The standard InChI is InChI=1S/C6H9BrF2N2O2/c7-6(8,9)5(12)10-11-1-3-13-4-2-11/h1-4H2,(H,10,12). The average molecular weight is 259 g/mol. The van der Waals surface area contributed by atoms with Gasteiger partial charge in [-0.05, 0) is 0 Å². The Kier molecular flexibility index (Phi) is 3.57. The first-order chi connectivity index (χ1) is 6.00. The van der Waals surface area contributed by atoms with Crippen molar-refractivity contribution in [2.45, 2.75) is 4.83 Å². The molecular formula is C6H9BrF2N2O2. The summed E-state index contributed by atoms with van der Waals surface area (Å²) in [5, 5.41) is 1.40. The monoisotopic (exact) mass is 258 g/mol. The van der Waals surface area contributed by atoms with E-state index in [4.69, 9.17) is 4.74 Å². The normalized spacial score (nSPS) is 19.9. The molecule has 1 aliphatic heterocycles. The third-order valence-corrected chi connectivity index (χ3v) is 1.89. The minimum absolute atomic E-state index is 0.425. The highest BCUT2D eigenvalue weighted by atomic mass is 79.9. The van der Waals surface area contributed by atoms with Gasteiger partial charge in [-0.3, -0.25) is 10.2 Å². The minimum Gasteiger partial charge on any atom is -0.379 e. The van der Waals surface area contributed by atoms with Gasteiger partial charge < -0.3 is 4.74 Å². The zero-order valence-corrected chi connectivity index (χ0v) is 8.31. The number of hydrazine groups is 1. The highest BCUT2D eigenvalue weighted by molar-refractivity contribution is 9.10. The molecule has 7 heteroatoms. The molecule has 0 aromatic heterocycles. The lowest BCUT2D eigenvalue weighted by Crippen LogP contribution is -2.51. The first-order valence-electron chi connectivity index (χ1n) is 3.70. The van der Waals surface area contributed by atoms with Gasteiger partial charge >= 0.3 is 10.7 Å². The molecule has 1 amide bonds. The Morgan fingerprint density at radius 2 is 2.00 bits per heavy atom. The molecule has 1 heterocycles. The Morgan fingerprint density at radius 3 is 2.46 bits per heavy atom. The number of nitrogens with one attached hydrogen (secondary N) is 1. The van der Waals surface area contributed by atoms with Crippen molar-refractivity contribution in [3.05, 3.63) is 0 Å². The van der Waals surface area contributed by atoms with Crippen LogP contribution in [0.5, 0.6) is 0 Å². The van der Waals surface area contributed by atoms with E-state index in [0.717, 1.165) is 0 Å². The van der Waals surface area contributed by atoms with E-state index in [0.29, 0.717) is 26.3 Å². The third kappa shape index (κ3) is 3.53. The van der Waals surface area contributed by atoms with Crippen molar-refractivity contribution in [2.75, 3.05) is 26.3 Å². The van der Waals surface area contributed by atoms with Crippen molar-refractivity contribution in [1.29, 1.82) is 0 Å². The summed E-state index contributed by atoms with van der Waals surface area (Å²) in [4.78, 5) is 7.23. The second-order valence-corrected chi connectivity index (χ2v) is 3.53. The molecule has 0 bridgehead atoms. The van der Waals surface area contributed by atoms with Crippen LogP contribution in [-0.4, -0.2) is 42.1 Å². The highest BCUT2D eigenvalue weighted by Gasteiger charge is 2.36. The second kappa shape index (κ2) is 4.30. The molecule has 0 atom stereocenters. The van der Waals surface area contributed by atoms with Crippen molar-refractivity contribution in [1.82, 2.24) is 10.4 Å². The van der Waals surface area contributed by atoms with Crippen LogP contribution in [0.2, 0.25) is 0 Å². The Bertz CT molecular complexity index is 192. The van der Waals surface area contributed by atoms with Crippen LogP contribution in [0.4, 0.5) is 8.78 Å². The number of alkyl halides is 3. The number of ether oxygens (including phenoxy) is 1. The first kappa shape index (κ1) is 10.8. The fourth-order valence-electron chi connectivity index (χ4n) is 0.882. The van der Waals surface area contributed by atoms with Gasteiger partial charge in [-0.2, -0.15) is 8.78 Å². The molecule has 1 fully saturated rings. The summed E-state index contributed by atoms with van der Waals surface area (Å²) in [6, 6.07) is 0. The van der Waals surface area contributed by atoms with Gasteiger partial charge in [-0.15, -0.1) is 0 Å². The zero-order valence-electron chi connectivity index (χ0n) is 6.73. The summed E-state index contributed by atoms with van der Waals surface area (Å²) in [7, 11) is 0. The van der Waals surface area contributed by atoms with Crippen molar-refractivity contribution in [3.8, 4) is 0 Å². The molecule has 0 saturated carbocycles. The molecule has 76 valence electrons. The van der Waals surface area contributed by atoms with E-state index in [-0.39, 0.29) is 0 Å². The molecule has 4 nitrogen and oxygen atoms in total. The summed E-state index contributed by atoms with van der Waals surface area (Å²) in [6.07, 6.45) is 0. The largest absolute Gasteiger partial charge is 0.379 e. The lowest BCUT2D eigenvalue weighted by atomic mass is 10.5. The van der Waals surface area contributed by atoms with E-state index in [1.807, 2.05) is 15.9 Å². The van der Waals surface area contributed by atoms with Gasteiger partial charge in [0.25, 0.3) is 0 Å². The number of hydrogen-bond acceptors (Lipinski definition) is 3. The van der Waals surface area contributed by atoms with E-state index in [1.165, 1.54) is 5.01 Å². The molecule has 0 spiro atoms. The fourth-order valence-corrected chi connectivity index (χ4v) is 0.971. The average Bonchev–Trinajstić information content (AvgIpc) is 2.04. The number of amides is 1. The highest BCUT2D eigenvalue weighted by Crippen LogP contribution is 2.21. The molecule has 0 unspecified atom stereocenters. The Hall–Kier alpha value is -0.270. The Labute approximate surface area is 82.3 Å². The molecule has 0 aliphatic carbocycles. The molecule has 1 N–H and O–H groups in total. The molecule has 1 aliphatic rings. The van der Waals surface area contributed by atoms with E-state index < -0.39 is 10.7 Å². The fraction of sp³-hybridized carbons (Fsp3) is 0.833. The molecule has 0 radical (unpaired) electrons. The second-order valence-electron chi connectivity index (χ2n) is 2.54. The van der Waals surface area contributed by atoms with Gasteiger partial charge in [0, 0.05) is 29.0 Å². The predicted octanol–water partition coefficient (Wildman–Crippen LogP) is 0.337. The smallest absolute Gasteiger partial charge is 0.379 e. The van der Waals surface area contributed by atoms with Crippen molar-refractivity contribution in [3.63, 3.8) is 0 Å². The number of carbonyl (C=O) groups excluding carboxylic acids is 1. The maximum atomic E-state index is 12.3. The van der Waals surface area contributed by atoms with Crippen LogP contribution in [0.1, 0.15) is 0 Å². The number of carbonyl (C=O) groups is 1. The van der Waals surface area contributed by atoms with Crippen molar-refractivity contribution >= 4 is 21.8 Å². The van der Waals surface area contributed by atoms with Crippen LogP contribution in [0.3, 0.4) is 0 Å². The summed E-state index contributed by atoms with van der Waals surface area (Å²) in [5.41, 5.74) is 2.08. The van der Waals surface area contributed by atoms with E-state index in [1.54, 1.807) is 0 Å². The summed E-state index contributed by atoms with van der Waals surface area (Å²) in [5.74, 6) is -1.35. The van der Waals surface area contributed by atoms with Gasteiger partial charge in [0.2, 0.25) is 0 Å². The quantitative estimate of drug-likeness (QED) is 0.727. The molecule has 1 rings (SSSR count). The third-order valence-electron chi connectivity index (χ3n) is 1.53. The van der Waals surface area contributed by atoms with E-state index in [9.17, 15) is 13.6 Å². The maximum Gasteiger partial charge on any atom is 0.379 e. The molecular weight excluding hydrogens is 250 g/mol. The Balaban J connectivity index is 2.35. The lowest BCUT2D eigenvalue weighted by Gasteiger charge is -2.27. The lowest BCUT2D eigenvalue weighted by molar-refractivity contribution is -0.141. The van der Waals surface area contributed by atoms with Crippen LogP contribution in [0.15, 0.2) is 0 Å². The van der Waals surface area contributed by atoms with Crippen molar-refractivity contribution < 1.29 is 18.3 Å². The SMILES string of the molecule is O=C(NN1CCOCC1)C(F)(F)Br. The van der Waals surface area contributed by atoms with Crippen LogP contribution in [-0.2, 0) is 9.53 Å². The van der Waals surface area contributed by atoms with Crippen LogP contribution in [0, 0.1) is 0 Å². The number of nitrogens with zero attached hydrogens (tertiary/aromatic N) is 1. The topological polar surface area (TPSA) is 41.6 Å². The van der Waals surface area contributed by atoms with Gasteiger partial charge in [-0.25, -0.2) is 5.01 Å². The maximum absolute atomic E-state index is 12.3. The van der Waals surface area contributed by atoms with Crippen LogP contribution >= 0.6 is 15.9 Å². The van der Waals surface area contributed by atoms with Crippen LogP contribution in [0.25, 0.3) is 0 Å². The summed E-state index contributed by atoms with van der Waals surface area (Å²) < 4.78 is 29.6. The van der Waals surface area contributed by atoms with Gasteiger partial charge in [0.15, 0.2) is 0 Å². The minimum atomic E-state index is -3.51. The number of rotatable bonds is 2.